The molecule has 30 heavy (non-hydrogen) atoms. The fraction of sp³-hybridized carbons (Fsp3) is 0.0833. The summed E-state index contributed by atoms with van der Waals surface area (Å²) in [6, 6.07) is 18.0. The van der Waals surface area contributed by atoms with E-state index in [0.29, 0.717) is 16.3 Å². The molecule has 0 aromatic heterocycles. The van der Waals surface area contributed by atoms with Crippen molar-refractivity contribution >= 4 is 34.7 Å². The van der Waals surface area contributed by atoms with Crippen LogP contribution in [0.4, 0.5) is 10.1 Å². The van der Waals surface area contributed by atoms with Crippen molar-refractivity contribution in [1.29, 1.82) is 0 Å². The molecule has 3 aromatic carbocycles. The number of ketones is 1. The second-order valence-electron chi connectivity index (χ2n) is 6.99. The van der Waals surface area contributed by atoms with Crippen molar-refractivity contribution in [3.63, 3.8) is 0 Å². The molecule has 1 atom stereocenters. The van der Waals surface area contributed by atoms with E-state index in [1.807, 2.05) is 6.92 Å². The standard InChI is InChI=1S/C24H17ClFNO3/c1-14-11-12-16(13-18(14)25)27-21(17-9-5-6-10-19(17)26)20(23(29)24(27)30)22(28)15-7-3-2-4-8-15/h2-13,21,28H,1H3/t21-/m1/s1. The highest BCUT2D eigenvalue weighted by molar-refractivity contribution is 6.51. The first-order chi connectivity index (χ1) is 14.4. The lowest BCUT2D eigenvalue weighted by Gasteiger charge is -2.26. The lowest BCUT2D eigenvalue weighted by molar-refractivity contribution is -0.132. The van der Waals surface area contributed by atoms with E-state index in [-0.39, 0.29) is 16.9 Å². The molecule has 4 rings (SSSR count). The first kappa shape index (κ1) is 19.9. The summed E-state index contributed by atoms with van der Waals surface area (Å²) in [5, 5.41) is 11.3. The van der Waals surface area contributed by atoms with Gasteiger partial charge in [0.15, 0.2) is 0 Å². The van der Waals surface area contributed by atoms with Crippen molar-refractivity contribution in [2.45, 2.75) is 13.0 Å². The lowest BCUT2D eigenvalue weighted by atomic mass is 9.94. The third-order valence-electron chi connectivity index (χ3n) is 5.13. The van der Waals surface area contributed by atoms with Gasteiger partial charge in [0.05, 0.1) is 11.6 Å². The number of halogens is 2. The second kappa shape index (κ2) is 7.76. The van der Waals surface area contributed by atoms with Gasteiger partial charge in [0.25, 0.3) is 11.7 Å². The summed E-state index contributed by atoms with van der Waals surface area (Å²) >= 11 is 6.24. The average molecular weight is 422 g/mol. The number of hydrogen-bond acceptors (Lipinski definition) is 3. The van der Waals surface area contributed by atoms with Crippen molar-refractivity contribution in [2.75, 3.05) is 4.90 Å². The van der Waals surface area contributed by atoms with Gasteiger partial charge >= 0.3 is 0 Å². The molecule has 0 aliphatic carbocycles. The topological polar surface area (TPSA) is 57.6 Å². The molecule has 1 fully saturated rings. The number of carbonyl (C=O) groups excluding carboxylic acids is 2. The van der Waals surface area contributed by atoms with Crippen molar-refractivity contribution in [3.8, 4) is 0 Å². The Kier molecular flexibility index (Phi) is 5.14. The zero-order chi connectivity index (χ0) is 21.4. The Morgan fingerprint density at radius 3 is 2.33 bits per heavy atom. The quantitative estimate of drug-likeness (QED) is 0.349. The van der Waals surface area contributed by atoms with Crippen LogP contribution < -0.4 is 4.90 Å². The van der Waals surface area contributed by atoms with Crippen molar-refractivity contribution in [2.24, 2.45) is 0 Å². The predicted molar refractivity (Wildman–Crippen MR) is 114 cm³/mol. The van der Waals surface area contributed by atoms with Gasteiger partial charge in [-0.1, -0.05) is 66.2 Å². The number of aryl methyl sites for hydroxylation is 1. The number of hydrogen-bond donors (Lipinski definition) is 1. The molecule has 150 valence electrons. The molecule has 1 aliphatic rings. The Bertz CT molecular complexity index is 1190. The summed E-state index contributed by atoms with van der Waals surface area (Å²) in [5.74, 6) is -2.70. The van der Waals surface area contributed by atoms with E-state index >= 15 is 0 Å². The molecule has 0 bridgehead atoms. The fourth-order valence-electron chi connectivity index (χ4n) is 3.57. The predicted octanol–water partition coefficient (Wildman–Crippen LogP) is 5.41. The van der Waals surface area contributed by atoms with Crippen molar-refractivity contribution in [1.82, 2.24) is 0 Å². The van der Waals surface area contributed by atoms with Gasteiger partial charge in [-0.2, -0.15) is 0 Å². The Balaban J connectivity index is 1.99. The van der Waals surface area contributed by atoms with Crippen LogP contribution in [0, 0.1) is 12.7 Å². The van der Waals surface area contributed by atoms with Crippen LogP contribution in [0.25, 0.3) is 5.76 Å². The maximum atomic E-state index is 14.8. The van der Waals surface area contributed by atoms with E-state index in [2.05, 4.69) is 0 Å². The van der Waals surface area contributed by atoms with E-state index in [4.69, 9.17) is 11.6 Å². The molecule has 0 radical (unpaired) electrons. The monoisotopic (exact) mass is 421 g/mol. The van der Waals surface area contributed by atoms with Crippen LogP contribution in [0.3, 0.4) is 0 Å². The Morgan fingerprint density at radius 1 is 1.00 bits per heavy atom. The smallest absolute Gasteiger partial charge is 0.300 e. The maximum Gasteiger partial charge on any atom is 0.300 e. The number of rotatable bonds is 3. The third-order valence-corrected chi connectivity index (χ3v) is 5.53. The van der Waals surface area contributed by atoms with Crippen molar-refractivity contribution < 1.29 is 19.1 Å². The molecule has 1 aliphatic heterocycles. The molecule has 0 spiro atoms. The fourth-order valence-corrected chi connectivity index (χ4v) is 3.75. The van der Waals surface area contributed by atoms with Crippen LogP contribution in [-0.4, -0.2) is 16.8 Å². The van der Waals surface area contributed by atoms with Crippen LogP contribution in [0.5, 0.6) is 0 Å². The van der Waals surface area contributed by atoms with Gasteiger partial charge in [0.1, 0.15) is 11.6 Å². The average Bonchev–Trinajstić information content (AvgIpc) is 3.01. The number of aliphatic hydroxyl groups excluding tert-OH is 1. The van der Waals surface area contributed by atoms with Crippen LogP contribution in [0.2, 0.25) is 5.02 Å². The van der Waals surface area contributed by atoms with E-state index in [0.717, 1.165) is 5.56 Å². The molecule has 0 saturated carbocycles. The van der Waals surface area contributed by atoms with Gasteiger partial charge in [0.2, 0.25) is 0 Å². The SMILES string of the molecule is Cc1ccc(N2C(=O)C(=O)C(=C(O)c3ccccc3)[C@H]2c2ccccc2F)cc1Cl. The number of amides is 1. The van der Waals surface area contributed by atoms with Gasteiger partial charge in [0, 0.05) is 21.8 Å². The van der Waals surface area contributed by atoms with Gasteiger partial charge < -0.3 is 5.11 Å². The number of anilines is 1. The minimum atomic E-state index is -1.13. The molecule has 0 unspecified atom stereocenters. The van der Waals surface area contributed by atoms with Gasteiger partial charge in [-0.25, -0.2) is 4.39 Å². The number of Topliss-reactive ketones (excluding diaryl/α,β-unsaturated/α-hetero) is 1. The van der Waals surface area contributed by atoms with Crippen LogP contribution >= 0.6 is 11.6 Å². The van der Waals surface area contributed by atoms with E-state index in [1.54, 1.807) is 54.6 Å². The molecule has 1 heterocycles. The van der Waals surface area contributed by atoms with E-state index in [1.165, 1.54) is 23.1 Å². The highest BCUT2D eigenvalue weighted by atomic mass is 35.5. The summed E-state index contributed by atoms with van der Waals surface area (Å²) in [6.45, 7) is 1.81. The molecular formula is C24H17ClFNO3. The number of nitrogens with zero attached hydrogens (tertiary/aromatic N) is 1. The summed E-state index contributed by atoms with van der Waals surface area (Å²) in [5.41, 5.74) is 1.43. The minimum absolute atomic E-state index is 0.103. The highest BCUT2D eigenvalue weighted by Gasteiger charge is 2.47. The largest absolute Gasteiger partial charge is 0.507 e. The second-order valence-corrected chi connectivity index (χ2v) is 7.40. The first-order valence-electron chi connectivity index (χ1n) is 9.27. The van der Waals surface area contributed by atoms with E-state index < -0.39 is 23.5 Å². The number of carbonyl (C=O) groups is 2. The molecule has 1 amide bonds. The molecule has 1 saturated heterocycles. The van der Waals surface area contributed by atoms with Gasteiger partial charge in [-0.3, -0.25) is 14.5 Å². The Labute approximate surface area is 177 Å². The van der Waals surface area contributed by atoms with Crippen molar-refractivity contribution in [3.05, 3.63) is 106 Å². The zero-order valence-electron chi connectivity index (χ0n) is 16.0. The molecule has 4 nitrogen and oxygen atoms in total. The normalized spacial score (nSPS) is 18.1. The molecule has 3 aromatic rings. The number of aliphatic hydroxyl groups is 1. The van der Waals surface area contributed by atoms with Crippen LogP contribution in [0.15, 0.2) is 78.4 Å². The third kappa shape index (κ3) is 3.27. The first-order valence-corrected chi connectivity index (χ1v) is 9.65. The Hall–Kier alpha value is -3.44. The lowest BCUT2D eigenvalue weighted by Crippen LogP contribution is -2.29. The summed E-state index contributed by atoms with van der Waals surface area (Å²) in [7, 11) is 0. The maximum absolute atomic E-state index is 14.8. The van der Waals surface area contributed by atoms with Crippen LogP contribution in [0.1, 0.15) is 22.7 Å². The van der Waals surface area contributed by atoms with E-state index in [9.17, 15) is 19.1 Å². The van der Waals surface area contributed by atoms with Gasteiger partial charge in [-0.05, 0) is 30.7 Å². The minimum Gasteiger partial charge on any atom is -0.507 e. The highest BCUT2D eigenvalue weighted by Crippen LogP contribution is 2.43. The molecule has 6 heteroatoms. The summed E-state index contributed by atoms with van der Waals surface area (Å²) in [4.78, 5) is 27.2. The Morgan fingerprint density at radius 2 is 1.67 bits per heavy atom. The number of benzene rings is 3. The molecular weight excluding hydrogens is 405 g/mol. The zero-order valence-corrected chi connectivity index (χ0v) is 16.7. The summed E-state index contributed by atoms with van der Waals surface area (Å²) < 4.78 is 14.8. The van der Waals surface area contributed by atoms with Gasteiger partial charge in [-0.15, -0.1) is 0 Å². The molecule has 1 N–H and O–H groups in total. The van der Waals surface area contributed by atoms with Crippen LogP contribution in [-0.2, 0) is 9.59 Å². The summed E-state index contributed by atoms with van der Waals surface area (Å²) in [6.07, 6.45) is 0.